The highest BCUT2D eigenvalue weighted by atomic mass is 35.5. The SMILES string of the molecule is OC[C@H]1O[C@@](O)(c2ccc(Cl)c(Cc3ccc(OC4CCNCC4)cc3)c2)[C@H](O)[C@@H](O)[C@@H]1O. The van der Waals surface area contributed by atoms with E-state index >= 15 is 0 Å². The number of hydrogen-bond acceptors (Lipinski definition) is 8. The predicted octanol–water partition coefficient (Wildman–Crippen LogP) is 0.680. The van der Waals surface area contributed by atoms with Gasteiger partial charge in [-0.3, -0.25) is 0 Å². The number of rotatable bonds is 6. The largest absolute Gasteiger partial charge is 0.490 e. The number of nitrogens with one attached hydrogen (secondary N) is 1. The second-order valence-electron chi connectivity index (χ2n) is 8.66. The lowest BCUT2D eigenvalue weighted by Gasteiger charge is -2.45. The number of halogens is 1. The minimum atomic E-state index is -2.32. The van der Waals surface area contributed by atoms with Gasteiger partial charge in [-0.15, -0.1) is 0 Å². The van der Waals surface area contributed by atoms with E-state index in [1.165, 1.54) is 6.07 Å². The molecule has 2 heterocycles. The topological polar surface area (TPSA) is 132 Å². The van der Waals surface area contributed by atoms with Gasteiger partial charge in [0.05, 0.1) is 6.61 Å². The summed E-state index contributed by atoms with van der Waals surface area (Å²) >= 11 is 6.39. The molecule has 2 aromatic rings. The maximum Gasteiger partial charge on any atom is 0.222 e. The van der Waals surface area contributed by atoms with Crippen LogP contribution in [0.1, 0.15) is 29.5 Å². The van der Waals surface area contributed by atoms with E-state index in [0.717, 1.165) is 37.2 Å². The summed E-state index contributed by atoms with van der Waals surface area (Å²) in [6, 6.07) is 12.4. The van der Waals surface area contributed by atoms with Crippen molar-refractivity contribution in [2.24, 2.45) is 0 Å². The molecule has 0 aliphatic carbocycles. The molecule has 9 heteroatoms. The first-order valence-electron chi connectivity index (χ1n) is 11.1. The summed E-state index contributed by atoms with van der Waals surface area (Å²) in [7, 11) is 0. The lowest BCUT2D eigenvalue weighted by atomic mass is 9.87. The van der Waals surface area contributed by atoms with Crippen LogP contribution in [0.5, 0.6) is 5.75 Å². The summed E-state index contributed by atoms with van der Waals surface area (Å²) in [6.07, 6.45) is -3.72. The third kappa shape index (κ3) is 5.18. The van der Waals surface area contributed by atoms with E-state index in [0.29, 0.717) is 17.0 Å². The van der Waals surface area contributed by atoms with E-state index in [1.807, 2.05) is 24.3 Å². The molecule has 6 N–H and O–H groups in total. The standard InChI is InChI=1S/C24H30ClNO7/c25-19-6-3-16(24(31)23(30)22(29)21(28)20(13-27)33-24)12-15(19)11-14-1-4-17(5-2-14)32-18-7-9-26-10-8-18/h1-6,12,18,20-23,26-31H,7-11,13H2/t20-,21-,22+,23-,24+/m1/s1. The van der Waals surface area contributed by atoms with Gasteiger partial charge in [-0.25, -0.2) is 0 Å². The van der Waals surface area contributed by atoms with Crippen LogP contribution in [0.3, 0.4) is 0 Å². The van der Waals surface area contributed by atoms with Crippen LogP contribution >= 0.6 is 11.6 Å². The lowest BCUT2D eigenvalue weighted by Crippen LogP contribution is -2.63. The third-order valence-electron chi connectivity index (χ3n) is 6.33. The van der Waals surface area contributed by atoms with Gasteiger partial charge >= 0.3 is 0 Å². The van der Waals surface area contributed by atoms with E-state index in [2.05, 4.69) is 5.32 Å². The Kier molecular flexibility index (Phi) is 7.57. The average Bonchev–Trinajstić information content (AvgIpc) is 2.83. The molecule has 0 spiro atoms. The minimum Gasteiger partial charge on any atom is -0.490 e. The molecule has 0 amide bonds. The maximum atomic E-state index is 11.1. The predicted molar refractivity (Wildman–Crippen MR) is 121 cm³/mol. The van der Waals surface area contributed by atoms with Crippen molar-refractivity contribution in [1.82, 2.24) is 5.32 Å². The van der Waals surface area contributed by atoms with Gasteiger partial charge in [0.15, 0.2) is 0 Å². The van der Waals surface area contributed by atoms with Crippen molar-refractivity contribution in [3.05, 3.63) is 64.2 Å². The number of benzene rings is 2. The van der Waals surface area contributed by atoms with Crippen LogP contribution in [0.2, 0.25) is 5.02 Å². The van der Waals surface area contributed by atoms with Crippen LogP contribution in [0.4, 0.5) is 0 Å². The Hall–Kier alpha value is -1.75. The molecule has 8 nitrogen and oxygen atoms in total. The van der Waals surface area contributed by atoms with Crippen LogP contribution in [0.15, 0.2) is 42.5 Å². The Balaban J connectivity index is 1.51. The first-order valence-corrected chi connectivity index (χ1v) is 11.5. The van der Waals surface area contributed by atoms with E-state index in [-0.39, 0.29) is 11.7 Å². The molecule has 2 aliphatic rings. The van der Waals surface area contributed by atoms with Gasteiger partial charge in [-0.1, -0.05) is 29.8 Å². The highest BCUT2D eigenvalue weighted by Gasteiger charge is 2.53. The number of hydrogen-bond donors (Lipinski definition) is 6. The van der Waals surface area contributed by atoms with Gasteiger partial charge in [-0.2, -0.15) is 0 Å². The number of ether oxygens (including phenoxy) is 2. The maximum absolute atomic E-state index is 11.1. The van der Waals surface area contributed by atoms with Gasteiger partial charge in [0, 0.05) is 10.6 Å². The first kappa shape index (κ1) is 24.4. The molecule has 5 atom stereocenters. The first-order chi connectivity index (χ1) is 15.8. The Morgan fingerprint density at radius 3 is 2.39 bits per heavy atom. The normalized spacial score (nSPS) is 30.8. The van der Waals surface area contributed by atoms with Gasteiger partial charge < -0.3 is 40.3 Å². The fraction of sp³-hybridized carbons (Fsp3) is 0.500. The quantitative estimate of drug-likeness (QED) is 0.356. The molecule has 0 saturated carbocycles. The van der Waals surface area contributed by atoms with Crippen LogP contribution in [-0.4, -0.2) is 75.7 Å². The molecular formula is C24H30ClNO7. The number of aliphatic hydroxyl groups excluding tert-OH is 4. The number of aliphatic hydroxyl groups is 5. The molecule has 180 valence electrons. The van der Waals surface area contributed by atoms with Crippen molar-refractivity contribution >= 4 is 11.6 Å². The Bertz CT molecular complexity index is 935. The molecule has 33 heavy (non-hydrogen) atoms. The molecule has 0 unspecified atom stereocenters. The fourth-order valence-electron chi connectivity index (χ4n) is 4.34. The van der Waals surface area contributed by atoms with Gasteiger partial charge in [0.2, 0.25) is 5.79 Å². The van der Waals surface area contributed by atoms with Crippen molar-refractivity contribution < 1.29 is 35.0 Å². The van der Waals surface area contributed by atoms with Crippen LogP contribution < -0.4 is 10.1 Å². The number of piperidine rings is 1. The summed E-state index contributed by atoms with van der Waals surface area (Å²) in [5, 5.41) is 54.8. The smallest absolute Gasteiger partial charge is 0.222 e. The zero-order valence-corrected chi connectivity index (χ0v) is 18.9. The molecule has 0 aromatic heterocycles. The van der Waals surface area contributed by atoms with E-state index in [4.69, 9.17) is 21.1 Å². The van der Waals surface area contributed by atoms with Gasteiger partial charge in [-0.05, 0) is 67.7 Å². The van der Waals surface area contributed by atoms with E-state index < -0.39 is 36.8 Å². The van der Waals surface area contributed by atoms with Crippen molar-refractivity contribution in [2.75, 3.05) is 19.7 Å². The van der Waals surface area contributed by atoms with Gasteiger partial charge in [0.1, 0.15) is 36.3 Å². The summed E-state index contributed by atoms with van der Waals surface area (Å²) in [6.45, 7) is 1.27. The van der Waals surface area contributed by atoms with Crippen LogP contribution in [0.25, 0.3) is 0 Å². The third-order valence-corrected chi connectivity index (χ3v) is 6.70. The highest BCUT2D eigenvalue weighted by Crippen LogP contribution is 2.38. The monoisotopic (exact) mass is 479 g/mol. The molecule has 0 bridgehead atoms. The van der Waals surface area contributed by atoms with E-state index in [9.17, 15) is 25.5 Å². The van der Waals surface area contributed by atoms with Crippen molar-refractivity contribution in [3.8, 4) is 5.75 Å². The summed E-state index contributed by atoms with van der Waals surface area (Å²) < 4.78 is 11.5. The highest BCUT2D eigenvalue weighted by molar-refractivity contribution is 6.31. The Morgan fingerprint density at radius 1 is 1.03 bits per heavy atom. The summed E-state index contributed by atoms with van der Waals surface area (Å²) in [4.78, 5) is 0. The van der Waals surface area contributed by atoms with Crippen molar-refractivity contribution in [1.29, 1.82) is 0 Å². The van der Waals surface area contributed by atoms with Crippen molar-refractivity contribution in [2.45, 2.75) is 55.6 Å². The van der Waals surface area contributed by atoms with Crippen LogP contribution in [-0.2, 0) is 16.9 Å². The minimum absolute atomic E-state index is 0.157. The van der Waals surface area contributed by atoms with Gasteiger partial charge in [0.25, 0.3) is 0 Å². The zero-order valence-electron chi connectivity index (χ0n) is 18.1. The Morgan fingerprint density at radius 2 is 1.73 bits per heavy atom. The molecule has 2 aliphatic heterocycles. The second-order valence-corrected chi connectivity index (χ2v) is 9.06. The van der Waals surface area contributed by atoms with Crippen LogP contribution in [0, 0.1) is 0 Å². The summed E-state index contributed by atoms with van der Waals surface area (Å²) in [5.41, 5.74) is 1.80. The lowest BCUT2D eigenvalue weighted by molar-refractivity contribution is -0.357. The molecule has 4 rings (SSSR count). The van der Waals surface area contributed by atoms with E-state index in [1.54, 1.807) is 12.1 Å². The summed E-state index contributed by atoms with van der Waals surface area (Å²) in [5.74, 6) is -1.51. The fourth-order valence-corrected chi connectivity index (χ4v) is 4.52. The Labute approximate surface area is 197 Å². The molecule has 2 aromatic carbocycles. The molecular weight excluding hydrogens is 450 g/mol. The second kappa shape index (κ2) is 10.2. The molecule has 0 radical (unpaired) electrons. The molecule has 2 fully saturated rings. The molecule has 2 saturated heterocycles. The average molecular weight is 480 g/mol. The zero-order chi connectivity index (χ0) is 23.6. The van der Waals surface area contributed by atoms with Crippen molar-refractivity contribution in [3.63, 3.8) is 0 Å².